The Balaban J connectivity index is 4.51. The van der Waals surface area contributed by atoms with Gasteiger partial charge in [-0.1, -0.05) is 85.2 Å². The van der Waals surface area contributed by atoms with Gasteiger partial charge in [-0.05, 0) is 51.4 Å². The van der Waals surface area contributed by atoms with Gasteiger partial charge in [0.25, 0.3) is 0 Å². The maximum Gasteiger partial charge on any atom is 0.160 e. The van der Waals surface area contributed by atoms with Crippen molar-refractivity contribution < 1.29 is 14.2 Å². The smallest absolute Gasteiger partial charge is 0.160 e. The molecule has 164 valence electrons. The van der Waals surface area contributed by atoms with Gasteiger partial charge < -0.3 is 14.2 Å². The highest BCUT2D eigenvalue weighted by atomic mass is 79.9. The molecule has 4 unspecified atom stereocenters. The molecule has 0 spiro atoms. The Kier molecular flexibility index (Phi) is 20.8. The van der Waals surface area contributed by atoms with E-state index in [2.05, 4.69) is 59.6 Å². The van der Waals surface area contributed by atoms with Crippen LogP contribution in [-0.4, -0.2) is 35.4 Å². The number of halogens is 2. The molecule has 0 aromatic heterocycles. The normalized spacial score (nSPS) is 16.2. The summed E-state index contributed by atoms with van der Waals surface area (Å²) in [7, 11) is 0. The molecule has 0 aliphatic heterocycles. The molecule has 4 atom stereocenters. The van der Waals surface area contributed by atoms with E-state index in [1.54, 1.807) is 0 Å². The van der Waals surface area contributed by atoms with E-state index < -0.39 is 0 Å². The van der Waals surface area contributed by atoms with Gasteiger partial charge in [-0.2, -0.15) is 0 Å². The lowest BCUT2D eigenvalue weighted by atomic mass is 10.2. The highest BCUT2D eigenvalue weighted by Gasteiger charge is 2.18. The minimum absolute atomic E-state index is 0.148. The number of ether oxygens (including phenoxy) is 3. The van der Waals surface area contributed by atoms with E-state index in [0.29, 0.717) is 9.65 Å². The molecular weight excluding hydrogens is 472 g/mol. The molecule has 0 heterocycles. The SMILES string of the molecule is CCCCCOC(CCCC(C)Br)OC(CCCC(C)Br)OCCCCC. The Morgan fingerprint density at radius 2 is 1.00 bits per heavy atom. The molecule has 0 aromatic carbocycles. The third-order valence-electron chi connectivity index (χ3n) is 4.49. The van der Waals surface area contributed by atoms with Gasteiger partial charge in [-0.3, -0.25) is 0 Å². The van der Waals surface area contributed by atoms with Crippen molar-refractivity contribution in [1.82, 2.24) is 0 Å². The maximum atomic E-state index is 6.30. The first kappa shape index (κ1) is 27.8. The molecule has 0 fully saturated rings. The van der Waals surface area contributed by atoms with Crippen LogP contribution >= 0.6 is 31.9 Å². The average molecular weight is 516 g/mol. The van der Waals surface area contributed by atoms with E-state index in [4.69, 9.17) is 14.2 Å². The zero-order valence-electron chi connectivity index (χ0n) is 18.2. The molecule has 0 amide bonds. The fourth-order valence-corrected chi connectivity index (χ4v) is 3.46. The molecule has 0 saturated carbocycles. The molecule has 0 bridgehead atoms. The first-order valence-electron chi connectivity index (χ1n) is 11.2. The van der Waals surface area contributed by atoms with Crippen molar-refractivity contribution in [3.05, 3.63) is 0 Å². The van der Waals surface area contributed by atoms with Gasteiger partial charge in [0.2, 0.25) is 0 Å². The minimum Gasteiger partial charge on any atom is -0.353 e. The van der Waals surface area contributed by atoms with Crippen LogP contribution in [0.15, 0.2) is 0 Å². The number of alkyl halides is 2. The monoisotopic (exact) mass is 514 g/mol. The predicted molar refractivity (Wildman–Crippen MR) is 124 cm³/mol. The third kappa shape index (κ3) is 19.9. The lowest BCUT2D eigenvalue weighted by Crippen LogP contribution is -2.28. The minimum atomic E-state index is -0.148. The van der Waals surface area contributed by atoms with Crippen LogP contribution in [0.5, 0.6) is 0 Å². The van der Waals surface area contributed by atoms with E-state index in [1.807, 2.05) is 0 Å². The lowest BCUT2D eigenvalue weighted by Gasteiger charge is -2.26. The summed E-state index contributed by atoms with van der Waals surface area (Å²) in [5.74, 6) is 0. The largest absolute Gasteiger partial charge is 0.353 e. The molecule has 27 heavy (non-hydrogen) atoms. The summed E-state index contributed by atoms with van der Waals surface area (Å²) in [5.41, 5.74) is 0. The molecule has 0 rings (SSSR count). The summed E-state index contributed by atoms with van der Waals surface area (Å²) in [4.78, 5) is 1.08. The number of hydrogen-bond donors (Lipinski definition) is 0. The average Bonchev–Trinajstić information content (AvgIpc) is 2.61. The molecule has 0 aliphatic rings. The molecular formula is C22H44Br2O3. The van der Waals surface area contributed by atoms with Crippen molar-refractivity contribution in [3.63, 3.8) is 0 Å². The van der Waals surface area contributed by atoms with Gasteiger partial charge in [0.1, 0.15) is 0 Å². The zero-order chi connectivity index (χ0) is 20.3. The van der Waals surface area contributed by atoms with E-state index in [-0.39, 0.29) is 12.6 Å². The van der Waals surface area contributed by atoms with Crippen LogP contribution in [0.25, 0.3) is 0 Å². The molecule has 5 heteroatoms. The van der Waals surface area contributed by atoms with Gasteiger partial charge in [-0.15, -0.1) is 0 Å². The van der Waals surface area contributed by atoms with E-state index >= 15 is 0 Å². The molecule has 0 saturated heterocycles. The van der Waals surface area contributed by atoms with Gasteiger partial charge in [0, 0.05) is 22.9 Å². The van der Waals surface area contributed by atoms with Gasteiger partial charge in [0.05, 0.1) is 0 Å². The highest BCUT2D eigenvalue weighted by Crippen LogP contribution is 2.19. The van der Waals surface area contributed by atoms with Gasteiger partial charge in [0.15, 0.2) is 12.6 Å². The summed E-state index contributed by atoms with van der Waals surface area (Å²) in [6.07, 6.45) is 13.1. The Morgan fingerprint density at radius 3 is 1.33 bits per heavy atom. The summed E-state index contributed by atoms with van der Waals surface area (Å²) < 4.78 is 18.5. The molecule has 3 nitrogen and oxygen atoms in total. The summed E-state index contributed by atoms with van der Waals surface area (Å²) in [5, 5.41) is 0. The quantitative estimate of drug-likeness (QED) is 0.0933. The summed E-state index contributed by atoms with van der Waals surface area (Å²) >= 11 is 7.27. The first-order chi connectivity index (χ1) is 13.0. The Labute approximate surface area is 185 Å². The molecule has 0 aliphatic carbocycles. The third-order valence-corrected chi connectivity index (χ3v) is 5.41. The van der Waals surface area contributed by atoms with Crippen molar-refractivity contribution in [2.24, 2.45) is 0 Å². The zero-order valence-corrected chi connectivity index (χ0v) is 21.4. The Bertz CT molecular complexity index is 273. The van der Waals surface area contributed by atoms with Gasteiger partial charge in [-0.25, -0.2) is 0 Å². The number of unbranched alkanes of at least 4 members (excludes halogenated alkanes) is 4. The second-order valence-electron chi connectivity index (χ2n) is 7.57. The van der Waals surface area contributed by atoms with Crippen molar-refractivity contribution >= 4 is 31.9 Å². The molecule has 0 radical (unpaired) electrons. The Morgan fingerprint density at radius 1 is 0.593 bits per heavy atom. The maximum absolute atomic E-state index is 6.30. The van der Waals surface area contributed by atoms with Crippen LogP contribution in [0.2, 0.25) is 0 Å². The first-order valence-corrected chi connectivity index (χ1v) is 13.0. The second kappa shape index (κ2) is 20.1. The van der Waals surface area contributed by atoms with Crippen molar-refractivity contribution in [2.45, 2.75) is 127 Å². The van der Waals surface area contributed by atoms with Crippen LogP contribution in [0.1, 0.15) is 105 Å². The fourth-order valence-electron chi connectivity index (χ4n) is 2.82. The summed E-state index contributed by atoms with van der Waals surface area (Å²) in [6, 6.07) is 0. The standard InChI is InChI=1S/C22H44Br2O3/c1-5-7-9-17-25-21(15-11-13-19(3)23)27-22(16-12-14-20(4)24)26-18-10-8-6-2/h19-22H,5-18H2,1-4H3. The van der Waals surface area contributed by atoms with Crippen LogP contribution in [0.3, 0.4) is 0 Å². The topological polar surface area (TPSA) is 27.7 Å². The molecule has 0 N–H and O–H groups in total. The fraction of sp³-hybridized carbons (Fsp3) is 1.00. The summed E-state index contributed by atoms with van der Waals surface area (Å²) in [6.45, 7) is 10.4. The number of hydrogen-bond acceptors (Lipinski definition) is 3. The van der Waals surface area contributed by atoms with Gasteiger partial charge >= 0.3 is 0 Å². The van der Waals surface area contributed by atoms with E-state index in [0.717, 1.165) is 64.6 Å². The van der Waals surface area contributed by atoms with Crippen molar-refractivity contribution in [2.75, 3.05) is 13.2 Å². The molecule has 0 aromatic rings. The van der Waals surface area contributed by atoms with Crippen LogP contribution in [0, 0.1) is 0 Å². The van der Waals surface area contributed by atoms with Crippen LogP contribution < -0.4 is 0 Å². The Hall–Kier alpha value is 0.840. The number of rotatable bonds is 20. The lowest BCUT2D eigenvalue weighted by molar-refractivity contribution is -0.250. The van der Waals surface area contributed by atoms with Crippen molar-refractivity contribution in [3.8, 4) is 0 Å². The van der Waals surface area contributed by atoms with E-state index in [9.17, 15) is 0 Å². The van der Waals surface area contributed by atoms with Crippen molar-refractivity contribution in [1.29, 1.82) is 0 Å². The van der Waals surface area contributed by atoms with Crippen LogP contribution in [0.4, 0.5) is 0 Å². The van der Waals surface area contributed by atoms with Crippen LogP contribution in [-0.2, 0) is 14.2 Å². The van der Waals surface area contributed by atoms with E-state index in [1.165, 1.54) is 25.7 Å². The second-order valence-corrected chi connectivity index (χ2v) is 10.7. The predicted octanol–water partition coefficient (Wildman–Crippen LogP) is 7.98. The highest BCUT2D eigenvalue weighted by molar-refractivity contribution is 9.09.